The van der Waals surface area contributed by atoms with Gasteiger partial charge in [0.2, 0.25) is 6.79 Å². The third-order valence-electron chi connectivity index (χ3n) is 2.90. The molecule has 0 radical (unpaired) electrons. The van der Waals surface area contributed by atoms with Crippen LogP contribution in [0.5, 0.6) is 11.5 Å². The van der Waals surface area contributed by atoms with Crippen LogP contribution >= 0.6 is 0 Å². The van der Waals surface area contributed by atoms with E-state index in [1.165, 1.54) is 0 Å². The van der Waals surface area contributed by atoms with Gasteiger partial charge in [-0.1, -0.05) is 6.07 Å². The molecule has 0 amide bonds. The third kappa shape index (κ3) is 2.36. The van der Waals surface area contributed by atoms with Crippen LogP contribution in [-0.4, -0.2) is 43.5 Å². The summed E-state index contributed by atoms with van der Waals surface area (Å²) in [6.45, 7) is 0.474. The molecule has 0 aliphatic carbocycles. The second-order valence-corrected chi connectivity index (χ2v) is 4.32. The first-order chi connectivity index (χ1) is 8.13. The number of benzene rings is 1. The van der Waals surface area contributed by atoms with Crippen LogP contribution in [0.4, 0.5) is 0 Å². The summed E-state index contributed by atoms with van der Waals surface area (Å²) in [5, 5.41) is 9.95. The Kier molecular flexibility index (Phi) is 3.51. The van der Waals surface area contributed by atoms with E-state index in [4.69, 9.17) is 15.2 Å². The first kappa shape index (κ1) is 12.2. The van der Waals surface area contributed by atoms with E-state index >= 15 is 0 Å². The van der Waals surface area contributed by atoms with Crippen molar-refractivity contribution in [3.63, 3.8) is 0 Å². The summed E-state index contributed by atoms with van der Waals surface area (Å²) >= 11 is 0. The van der Waals surface area contributed by atoms with Gasteiger partial charge < -0.3 is 25.2 Å². The number of likely N-dealkylation sites (N-methyl/N-ethyl adjacent to an activating group) is 1. The Morgan fingerprint density at radius 3 is 2.71 bits per heavy atom. The third-order valence-corrected chi connectivity index (χ3v) is 2.90. The smallest absolute Gasteiger partial charge is 0.231 e. The Bertz CT molecular complexity index is 395. The van der Waals surface area contributed by atoms with Gasteiger partial charge in [0.15, 0.2) is 11.5 Å². The predicted molar refractivity (Wildman–Crippen MR) is 64.1 cm³/mol. The number of fused-ring (bicyclic) bond motifs is 1. The molecule has 94 valence electrons. The van der Waals surface area contributed by atoms with Crippen LogP contribution in [0.15, 0.2) is 18.2 Å². The molecule has 5 nitrogen and oxygen atoms in total. The Labute approximate surface area is 101 Å². The van der Waals surface area contributed by atoms with Gasteiger partial charge in [0.05, 0.1) is 12.1 Å². The number of nitrogens with zero attached hydrogens (tertiary/aromatic N) is 1. The second-order valence-electron chi connectivity index (χ2n) is 4.32. The topological polar surface area (TPSA) is 68.0 Å². The minimum Gasteiger partial charge on any atom is -0.454 e. The molecule has 0 aromatic heterocycles. The average Bonchev–Trinajstić information content (AvgIpc) is 2.75. The van der Waals surface area contributed by atoms with Crippen LogP contribution in [0.1, 0.15) is 11.6 Å². The number of nitrogens with two attached hydrogens (primary N) is 1. The van der Waals surface area contributed by atoms with Gasteiger partial charge in [0, 0.05) is 6.54 Å². The van der Waals surface area contributed by atoms with Gasteiger partial charge in [0.1, 0.15) is 0 Å². The lowest BCUT2D eigenvalue weighted by Gasteiger charge is -2.28. The molecule has 0 fully saturated rings. The molecular weight excluding hydrogens is 220 g/mol. The van der Waals surface area contributed by atoms with Crippen molar-refractivity contribution in [2.75, 3.05) is 27.4 Å². The molecule has 5 heteroatoms. The van der Waals surface area contributed by atoms with E-state index < -0.39 is 6.10 Å². The zero-order chi connectivity index (χ0) is 12.4. The second kappa shape index (κ2) is 4.91. The maximum Gasteiger partial charge on any atom is 0.231 e. The summed E-state index contributed by atoms with van der Waals surface area (Å²) in [7, 11) is 3.82. The molecule has 0 spiro atoms. The number of ether oxygens (including phenoxy) is 2. The van der Waals surface area contributed by atoms with E-state index in [1.54, 1.807) is 0 Å². The van der Waals surface area contributed by atoms with Gasteiger partial charge in [-0.25, -0.2) is 0 Å². The van der Waals surface area contributed by atoms with Crippen molar-refractivity contribution in [2.45, 2.75) is 12.1 Å². The van der Waals surface area contributed by atoms with E-state index in [2.05, 4.69) is 0 Å². The summed E-state index contributed by atoms with van der Waals surface area (Å²) in [6.07, 6.45) is -0.606. The summed E-state index contributed by atoms with van der Waals surface area (Å²) in [6, 6.07) is 5.54. The molecule has 0 bridgehead atoms. The van der Waals surface area contributed by atoms with Gasteiger partial charge in [0.25, 0.3) is 0 Å². The van der Waals surface area contributed by atoms with Gasteiger partial charge in [-0.2, -0.15) is 0 Å². The Hall–Kier alpha value is -1.30. The maximum absolute atomic E-state index is 9.95. The predicted octanol–water partition coefficient (Wildman–Crippen LogP) is 0.338. The lowest BCUT2D eigenvalue weighted by atomic mass is 10.00. The van der Waals surface area contributed by atoms with Crippen molar-refractivity contribution >= 4 is 0 Å². The fourth-order valence-corrected chi connectivity index (χ4v) is 2.09. The van der Waals surface area contributed by atoms with Gasteiger partial charge in [-0.15, -0.1) is 0 Å². The maximum atomic E-state index is 9.95. The van der Waals surface area contributed by atoms with Crippen molar-refractivity contribution in [1.29, 1.82) is 0 Å². The van der Waals surface area contributed by atoms with Crippen molar-refractivity contribution in [3.05, 3.63) is 23.8 Å². The molecular formula is C12H18N2O3. The molecule has 3 N–H and O–H groups in total. The molecule has 1 aromatic carbocycles. The van der Waals surface area contributed by atoms with Crippen LogP contribution in [0.25, 0.3) is 0 Å². The Morgan fingerprint density at radius 1 is 1.35 bits per heavy atom. The zero-order valence-electron chi connectivity index (χ0n) is 10.1. The molecule has 1 aliphatic rings. The normalized spacial score (nSPS) is 17.2. The van der Waals surface area contributed by atoms with Gasteiger partial charge in [-0.3, -0.25) is 0 Å². The first-order valence-corrected chi connectivity index (χ1v) is 5.57. The summed E-state index contributed by atoms with van der Waals surface area (Å²) < 4.78 is 10.6. The molecule has 1 aliphatic heterocycles. The lowest BCUT2D eigenvalue weighted by molar-refractivity contribution is 0.0822. The molecule has 2 unspecified atom stereocenters. The van der Waals surface area contributed by atoms with Crippen LogP contribution < -0.4 is 15.2 Å². The van der Waals surface area contributed by atoms with E-state index in [0.29, 0.717) is 0 Å². The average molecular weight is 238 g/mol. The lowest BCUT2D eigenvalue weighted by Crippen LogP contribution is -2.36. The number of aliphatic hydroxyl groups excluding tert-OH is 1. The Morgan fingerprint density at radius 2 is 2.06 bits per heavy atom. The SMILES string of the molecule is CN(C)C(c1ccc2c(c1)OCO2)C(O)CN. The number of hydrogen-bond acceptors (Lipinski definition) is 5. The van der Waals surface area contributed by atoms with E-state index in [-0.39, 0.29) is 19.4 Å². The number of aliphatic hydroxyl groups is 1. The quantitative estimate of drug-likeness (QED) is 0.791. The molecule has 2 atom stereocenters. The molecule has 2 rings (SSSR count). The number of hydrogen-bond donors (Lipinski definition) is 2. The summed E-state index contributed by atoms with van der Waals surface area (Å²) in [4.78, 5) is 1.94. The molecule has 1 aromatic rings. The minimum atomic E-state index is -0.606. The van der Waals surface area contributed by atoms with Crippen LogP contribution in [-0.2, 0) is 0 Å². The first-order valence-electron chi connectivity index (χ1n) is 5.57. The minimum absolute atomic E-state index is 0.144. The van der Waals surface area contributed by atoms with Crippen molar-refractivity contribution < 1.29 is 14.6 Å². The highest BCUT2D eigenvalue weighted by Gasteiger charge is 2.24. The van der Waals surface area contributed by atoms with Gasteiger partial charge >= 0.3 is 0 Å². The van der Waals surface area contributed by atoms with Crippen LogP contribution in [0, 0.1) is 0 Å². The van der Waals surface area contributed by atoms with Crippen LogP contribution in [0.3, 0.4) is 0 Å². The van der Waals surface area contributed by atoms with E-state index in [1.807, 2.05) is 37.2 Å². The summed E-state index contributed by atoms with van der Waals surface area (Å²) in [5.41, 5.74) is 6.50. The van der Waals surface area contributed by atoms with Crippen molar-refractivity contribution in [2.24, 2.45) is 5.73 Å². The fraction of sp³-hybridized carbons (Fsp3) is 0.500. The highest BCUT2D eigenvalue weighted by molar-refractivity contribution is 5.45. The highest BCUT2D eigenvalue weighted by Crippen LogP contribution is 2.35. The monoisotopic (exact) mass is 238 g/mol. The molecule has 1 heterocycles. The van der Waals surface area contributed by atoms with Crippen molar-refractivity contribution in [3.8, 4) is 11.5 Å². The van der Waals surface area contributed by atoms with E-state index in [0.717, 1.165) is 17.1 Å². The number of rotatable bonds is 4. The molecule has 0 saturated carbocycles. The van der Waals surface area contributed by atoms with Crippen molar-refractivity contribution in [1.82, 2.24) is 4.90 Å². The Balaban J connectivity index is 2.30. The highest BCUT2D eigenvalue weighted by atomic mass is 16.7. The fourth-order valence-electron chi connectivity index (χ4n) is 2.09. The summed E-state index contributed by atoms with van der Waals surface area (Å²) in [5.74, 6) is 1.46. The van der Waals surface area contributed by atoms with E-state index in [9.17, 15) is 5.11 Å². The largest absolute Gasteiger partial charge is 0.454 e. The standard InChI is InChI=1S/C12H18N2O3/c1-14(2)12(9(15)6-13)8-3-4-10-11(5-8)17-7-16-10/h3-5,9,12,15H,6-7,13H2,1-2H3. The zero-order valence-corrected chi connectivity index (χ0v) is 10.1. The molecule has 0 saturated heterocycles. The molecule has 17 heavy (non-hydrogen) atoms. The van der Waals surface area contributed by atoms with Crippen LogP contribution in [0.2, 0.25) is 0 Å². The van der Waals surface area contributed by atoms with Gasteiger partial charge in [-0.05, 0) is 31.8 Å².